The number of rotatable bonds is 1. The average molecular weight is 186 g/mol. The van der Waals surface area contributed by atoms with Crippen molar-refractivity contribution in [3.8, 4) is 16.9 Å². The zero-order valence-electron chi connectivity index (χ0n) is 7.51. The Kier molecular flexibility index (Phi) is 2.07. The molecule has 0 aliphatic carbocycles. The fourth-order valence-corrected chi connectivity index (χ4v) is 1.34. The molecule has 0 amide bonds. The summed E-state index contributed by atoms with van der Waals surface area (Å²) in [5.41, 5.74) is 7.42. The number of aromatic hydroxyl groups is 1. The van der Waals surface area contributed by atoms with Crippen molar-refractivity contribution in [2.24, 2.45) is 0 Å². The van der Waals surface area contributed by atoms with Gasteiger partial charge in [-0.15, -0.1) is 0 Å². The summed E-state index contributed by atoms with van der Waals surface area (Å²) in [6.07, 6.45) is 1.64. The lowest BCUT2D eigenvalue weighted by Gasteiger charge is -2.04. The van der Waals surface area contributed by atoms with Crippen molar-refractivity contribution in [1.29, 1.82) is 0 Å². The van der Waals surface area contributed by atoms with E-state index in [4.69, 9.17) is 5.73 Å². The van der Waals surface area contributed by atoms with Gasteiger partial charge in [-0.25, -0.2) is 4.98 Å². The van der Waals surface area contributed by atoms with Gasteiger partial charge in [0.05, 0.1) is 0 Å². The van der Waals surface area contributed by atoms with Gasteiger partial charge in [0.25, 0.3) is 0 Å². The molecule has 0 saturated carbocycles. The molecule has 0 radical (unpaired) electrons. The lowest BCUT2D eigenvalue weighted by molar-refractivity contribution is 0.475. The Morgan fingerprint density at radius 2 is 2.00 bits per heavy atom. The second-order valence-corrected chi connectivity index (χ2v) is 2.99. The molecule has 0 fully saturated rings. The number of aromatic nitrogens is 1. The second-order valence-electron chi connectivity index (χ2n) is 2.99. The predicted octanol–water partition coefficient (Wildman–Crippen LogP) is 2.04. The van der Waals surface area contributed by atoms with E-state index < -0.39 is 0 Å². The Bertz CT molecular complexity index is 455. The highest BCUT2D eigenvalue weighted by atomic mass is 16.3. The van der Waals surface area contributed by atoms with E-state index in [1.165, 1.54) is 0 Å². The molecule has 14 heavy (non-hydrogen) atoms. The molecule has 3 nitrogen and oxygen atoms in total. The van der Waals surface area contributed by atoms with E-state index in [9.17, 15) is 5.11 Å². The third kappa shape index (κ3) is 1.52. The maximum Gasteiger partial charge on any atom is 0.131 e. The number of hydrogen-bond acceptors (Lipinski definition) is 3. The number of hydrogen-bond donors (Lipinski definition) is 2. The maximum absolute atomic E-state index is 9.30. The van der Waals surface area contributed by atoms with Crippen LogP contribution in [0.5, 0.6) is 5.75 Å². The van der Waals surface area contributed by atoms with Crippen LogP contribution in [0.1, 0.15) is 0 Å². The van der Waals surface area contributed by atoms with Crippen LogP contribution in [0.15, 0.2) is 42.6 Å². The van der Waals surface area contributed by atoms with E-state index in [0.717, 1.165) is 11.1 Å². The standard InChI is InChI=1S/C11H10N2O/c12-11-10(5-2-6-13-11)8-3-1-4-9(14)7-8/h1-7,14H,(H2,12,13). The largest absolute Gasteiger partial charge is 0.508 e. The van der Waals surface area contributed by atoms with Crippen LogP contribution in [0.3, 0.4) is 0 Å². The number of nitrogens with zero attached hydrogens (tertiary/aromatic N) is 1. The molecule has 3 heteroatoms. The van der Waals surface area contributed by atoms with Crippen molar-refractivity contribution in [2.75, 3.05) is 5.73 Å². The van der Waals surface area contributed by atoms with Gasteiger partial charge in [-0.05, 0) is 29.8 Å². The molecule has 2 rings (SSSR count). The molecule has 70 valence electrons. The summed E-state index contributed by atoms with van der Waals surface area (Å²) in [7, 11) is 0. The maximum atomic E-state index is 9.30. The molecule has 0 aliphatic heterocycles. The molecule has 0 atom stereocenters. The third-order valence-corrected chi connectivity index (χ3v) is 2.00. The van der Waals surface area contributed by atoms with Crippen LogP contribution in [0, 0.1) is 0 Å². The lowest BCUT2D eigenvalue weighted by Crippen LogP contribution is -1.92. The van der Waals surface area contributed by atoms with Crippen LogP contribution >= 0.6 is 0 Å². The Balaban J connectivity index is 2.55. The molecular formula is C11H10N2O. The predicted molar refractivity (Wildman–Crippen MR) is 55.8 cm³/mol. The summed E-state index contributed by atoms with van der Waals surface area (Å²) in [4.78, 5) is 3.98. The van der Waals surface area contributed by atoms with Crippen LogP contribution in [0.25, 0.3) is 11.1 Å². The number of nitrogen functional groups attached to an aromatic ring is 1. The molecule has 0 bridgehead atoms. The number of anilines is 1. The first-order valence-electron chi connectivity index (χ1n) is 4.27. The number of benzene rings is 1. The Hall–Kier alpha value is -2.03. The van der Waals surface area contributed by atoms with Gasteiger partial charge in [0.1, 0.15) is 11.6 Å². The summed E-state index contributed by atoms with van der Waals surface area (Å²) in [6.45, 7) is 0. The molecule has 2 aromatic rings. The molecule has 1 aromatic carbocycles. The molecule has 1 aromatic heterocycles. The monoisotopic (exact) mass is 186 g/mol. The SMILES string of the molecule is Nc1ncccc1-c1cccc(O)c1. The summed E-state index contributed by atoms with van der Waals surface area (Å²) >= 11 is 0. The topological polar surface area (TPSA) is 59.1 Å². The molecule has 0 spiro atoms. The van der Waals surface area contributed by atoms with Crippen molar-refractivity contribution in [3.63, 3.8) is 0 Å². The minimum absolute atomic E-state index is 0.228. The van der Waals surface area contributed by atoms with Crippen LogP contribution in [-0.4, -0.2) is 10.1 Å². The van der Waals surface area contributed by atoms with E-state index in [-0.39, 0.29) is 5.75 Å². The van der Waals surface area contributed by atoms with E-state index in [2.05, 4.69) is 4.98 Å². The van der Waals surface area contributed by atoms with Gasteiger partial charge >= 0.3 is 0 Å². The number of nitrogens with two attached hydrogens (primary N) is 1. The highest BCUT2D eigenvalue weighted by molar-refractivity contribution is 5.74. The minimum Gasteiger partial charge on any atom is -0.508 e. The average Bonchev–Trinajstić information content (AvgIpc) is 2.18. The zero-order valence-corrected chi connectivity index (χ0v) is 7.51. The first-order chi connectivity index (χ1) is 6.77. The lowest BCUT2D eigenvalue weighted by atomic mass is 10.1. The van der Waals surface area contributed by atoms with Crippen molar-refractivity contribution < 1.29 is 5.11 Å². The molecule has 0 unspecified atom stereocenters. The summed E-state index contributed by atoms with van der Waals surface area (Å²) in [5.74, 6) is 0.698. The van der Waals surface area contributed by atoms with Crippen molar-refractivity contribution in [1.82, 2.24) is 4.98 Å². The second kappa shape index (κ2) is 3.38. The van der Waals surface area contributed by atoms with Gasteiger partial charge in [-0.3, -0.25) is 0 Å². The van der Waals surface area contributed by atoms with Crippen molar-refractivity contribution >= 4 is 5.82 Å². The Labute approximate surface area is 81.8 Å². The van der Waals surface area contributed by atoms with Crippen LogP contribution in [0.2, 0.25) is 0 Å². The van der Waals surface area contributed by atoms with Crippen LogP contribution in [0.4, 0.5) is 5.82 Å². The molecular weight excluding hydrogens is 176 g/mol. The van der Waals surface area contributed by atoms with Gasteiger partial charge in [-0.1, -0.05) is 12.1 Å². The number of phenolic OH excluding ortho intramolecular Hbond substituents is 1. The Morgan fingerprint density at radius 3 is 2.71 bits per heavy atom. The van der Waals surface area contributed by atoms with Gasteiger partial charge in [0.2, 0.25) is 0 Å². The van der Waals surface area contributed by atoms with Crippen molar-refractivity contribution in [2.45, 2.75) is 0 Å². The van der Waals surface area contributed by atoms with E-state index in [1.54, 1.807) is 24.4 Å². The summed E-state index contributed by atoms with van der Waals surface area (Å²) < 4.78 is 0. The van der Waals surface area contributed by atoms with Crippen LogP contribution < -0.4 is 5.73 Å². The first kappa shape index (κ1) is 8.56. The van der Waals surface area contributed by atoms with E-state index >= 15 is 0 Å². The Morgan fingerprint density at radius 1 is 1.14 bits per heavy atom. The number of pyridine rings is 1. The summed E-state index contributed by atoms with van der Waals surface area (Å²) in [5, 5.41) is 9.30. The smallest absolute Gasteiger partial charge is 0.131 e. The normalized spacial score (nSPS) is 10.0. The van der Waals surface area contributed by atoms with Crippen LogP contribution in [-0.2, 0) is 0 Å². The highest BCUT2D eigenvalue weighted by Crippen LogP contribution is 2.26. The van der Waals surface area contributed by atoms with Gasteiger partial charge < -0.3 is 10.8 Å². The molecule has 1 heterocycles. The van der Waals surface area contributed by atoms with Gasteiger partial charge in [-0.2, -0.15) is 0 Å². The third-order valence-electron chi connectivity index (χ3n) is 2.00. The molecule has 0 aliphatic rings. The quantitative estimate of drug-likeness (QED) is 0.716. The first-order valence-corrected chi connectivity index (χ1v) is 4.27. The van der Waals surface area contributed by atoms with Gasteiger partial charge in [0, 0.05) is 11.8 Å². The number of phenols is 1. The summed E-state index contributed by atoms with van der Waals surface area (Å²) in [6, 6.07) is 10.6. The van der Waals surface area contributed by atoms with Crippen molar-refractivity contribution in [3.05, 3.63) is 42.6 Å². The minimum atomic E-state index is 0.228. The molecule has 3 N–H and O–H groups in total. The fraction of sp³-hybridized carbons (Fsp3) is 0. The van der Waals surface area contributed by atoms with E-state index in [0.29, 0.717) is 5.82 Å². The highest BCUT2D eigenvalue weighted by Gasteiger charge is 2.02. The van der Waals surface area contributed by atoms with E-state index in [1.807, 2.05) is 18.2 Å². The zero-order chi connectivity index (χ0) is 9.97. The molecule has 0 saturated heterocycles. The fourth-order valence-electron chi connectivity index (χ4n) is 1.34. The van der Waals surface area contributed by atoms with Gasteiger partial charge in [0.15, 0.2) is 0 Å².